The molecule has 2 rings (SSSR count). The molecule has 2 nitrogen and oxygen atoms in total. The number of aromatic carboxylic acids is 1. The van der Waals surface area contributed by atoms with Gasteiger partial charge in [-0.1, -0.05) is 58.0 Å². The minimum atomic E-state index is -0.877. The Balaban J connectivity index is 2.23. The second-order valence-electron chi connectivity index (χ2n) is 7.43. The van der Waals surface area contributed by atoms with Gasteiger partial charge >= 0.3 is 5.97 Å². The van der Waals surface area contributed by atoms with E-state index >= 15 is 0 Å². The molecule has 2 aromatic rings. The first-order chi connectivity index (χ1) is 10.7. The molecule has 2 heteroatoms. The van der Waals surface area contributed by atoms with Crippen LogP contribution in [0.5, 0.6) is 0 Å². The van der Waals surface area contributed by atoms with Crippen LogP contribution < -0.4 is 0 Å². The zero-order valence-electron chi connectivity index (χ0n) is 14.7. The number of rotatable bonds is 4. The summed E-state index contributed by atoms with van der Waals surface area (Å²) in [5.41, 5.74) is 5.69. The SMILES string of the molecule is Cc1ccc(C(C)(C)C)cc1C(C)Cc1ccc(C(=O)O)cc1. The molecular weight excluding hydrogens is 284 g/mol. The second-order valence-corrected chi connectivity index (χ2v) is 7.43. The first-order valence-corrected chi connectivity index (χ1v) is 8.11. The standard InChI is InChI=1S/C21H26O2/c1-14-6-11-18(21(3,4)5)13-19(14)15(2)12-16-7-9-17(10-8-16)20(22)23/h6-11,13,15H,12H2,1-5H3,(H,22,23). The summed E-state index contributed by atoms with van der Waals surface area (Å²) < 4.78 is 0. The fourth-order valence-corrected chi connectivity index (χ4v) is 2.88. The maximum atomic E-state index is 10.9. The van der Waals surface area contributed by atoms with E-state index in [1.807, 2.05) is 12.1 Å². The van der Waals surface area contributed by atoms with E-state index in [2.05, 4.69) is 52.8 Å². The van der Waals surface area contributed by atoms with Crippen molar-refractivity contribution >= 4 is 5.97 Å². The number of hydrogen-bond acceptors (Lipinski definition) is 1. The van der Waals surface area contributed by atoms with Crippen molar-refractivity contribution in [3.05, 3.63) is 70.3 Å². The summed E-state index contributed by atoms with van der Waals surface area (Å²) in [5, 5.41) is 8.98. The largest absolute Gasteiger partial charge is 0.478 e. The molecule has 0 saturated heterocycles. The van der Waals surface area contributed by atoms with Crippen LogP contribution in [0.3, 0.4) is 0 Å². The lowest BCUT2D eigenvalue weighted by Crippen LogP contribution is -2.12. The van der Waals surface area contributed by atoms with E-state index in [-0.39, 0.29) is 5.41 Å². The third-order valence-corrected chi connectivity index (χ3v) is 4.42. The van der Waals surface area contributed by atoms with Gasteiger partial charge < -0.3 is 5.11 Å². The fourth-order valence-electron chi connectivity index (χ4n) is 2.88. The molecule has 0 spiro atoms. The first-order valence-electron chi connectivity index (χ1n) is 8.11. The number of carboxylic acids is 1. The smallest absolute Gasteiger partial charge is 0.335 e. The highest BCUT2D eigenvalue weighted by atomic mass is 16.4. The molecule has 0 aliphatic carbocycles. The lowest BCUT2D eigenvalue weighted by Gasteiger charge is -2.23. The van der Waals surface area contributed by atoms with Crippen LogP contribution in [0.4, 0.5) is 0 Å². The summed E-state index contributed by atoms with van der Waals surface area (Å²) in [6, 6.07) is 14.0. The molecule has 122 valence electrons. The van der Waals surface area contributed by atoms with Gasteiger partial charge in [0, 0.05) is 0 Å². The predicted molar refractivity (Wildman–Crippen MR) is 95.4 cm³/mol. The number of carbonyl (C=O) groups is 1. The van der Waals surface area contributed by atoms with Gasteiger partial charge in [-0.15, -0.1) is 0 Å². The number of benzene rings is 2. The highest BCUT2D eigenvalue weighted by Gasteiger charge is 2.17. The Bertz CT molecular complexity index is 691. The Kier molecular flexibility index (Phi) is 4.93. The van der Waals surface area contributed by atoms with Crippen LogP contribution in [0.15, 0.2) is 42.5 Å². The van der Waals surface area contributed by atoms with Crippen molar-refractivity contribution in [2.24, 2.45) is 0 Å². The maximum Gasteiger partial charge on any atom is 0.335 e. The molecule has 1 N–H and O–H groups in total. The van der Waals surface area contributed by atoms with Gasteiger partial charge in [-0.3, -0.25) is 0 Å². The van der Waals surface area contributed by atoms with Crippen molar-refractivity contribution in [1.29, 1.82) is 0 Å². The highest BCUT2D eigenvalue weighted by molar-refractivity contribution is 5.87. The normalized spacial score (nSPS) is 12.9. The Morgan fingerprint density at radius 1 is 1.09 bits per heavy atom. The minimum absolute atomic E-state index is 0.144. The Morgan fingerprint density at radius 3 is 2.22 bits per heavy atom. The van der Waals surface area contributed by atoms with Gasteiger partial charge in [-0.25, -0.2) is 4.79 Å². The van der Waals surface area contributed by atoms with E-state index < -0.39 is 5.97 Å². The summed E-state index contributed by atoms with van der Waals surface area (Å²) >= 11 is 0. The highest BCUT2D eigenvalue weighted by Crippen LogP contribution is 2.29. The lowest BCUT2D eigenvalue weighted by atomic mass is 9.82. The summed E-state index contributed by atoms with van der Waals surface area (Å²) in [6.45, 7) is 11.1. The topological polar surface area (TPSA) is 37.3 Å². The molecule has 0 heterocycles. The minimum Gasteiger partial charge on any atom is -0.478 e. The summed E-state index contributed by atoms with van der Waals surface area (Å²) in [5.74, 6) is -0.480. The van der Waals surface area contributed by atoms with Crippen LogP contribution in [0.2, 0.25) is 0 Å². The summed E-state index contributed by atoms with van der Waals surface area (Å²) in [7, 11) is 0. The van der Waals surface area contributed by atoms with E-state index in [0.29, 0.717) is 11.5 Å². The Hall–Kier alpha value is -2.09. The van der Waals surface area contributed by atoms with Gasteiger partial charge in [0.25, 0.3) is 0 Å². The van der Waals surface area contributed by atoms with Gasteiger partial charge in [0.2, 0.25) is 0 Å². The van der Waals surface area contributed by atoms with E-state index in [0.717, 1.165) is 6.42 Å². The van der Waals surface area contributed by atoms with Crippen molar-refractivity contribution in [3.8, 4) is 0 Å². The molecule has 2 aromatic carbocycles. The Morgan fingerprint density at radius 2 is 1.70 bits per heavy atom. The average molecular weight is 310 g/mol. The summed E-state index contributed by atoms with van der Waals surface area (Å²) in [4.78, 5) is 10.9. The molecule has 0 aromatic heterocycles. The first kappa shape index (κ1) is 17.3. The molecule has 0 aliphatic heterocycles. The number of carboxylic acid groups (broad SMARTS) is 1. The van der Waals surface area contributed by atoms with Crippen molar-refractivity contribution in [2.75, 3.05) is 0 Å². The van der Waals surface area contributed by atoms with Gasteiger partial charge in [0.1, 0.15) is 0 Å². The molecule has 0 aliphatic rings. The number of hydrogen-bond donors (Lipinski definition) is 1. The van der Waals surface area contributed by atoms with Crippen LogP contribution in [0.1, 0.15) is 66.2 Å². The zero-order chi connectivity index (χ0) is 17.2. The third-order valence-electron chi connectivity index (χ3n) is 4.42. The van der Waals surface area contributed by atoms with E-state index in [1.54, 1.807) is 12.1 Å². The average Bonchev–Trinajstić information content (AvgIpc) is 2.46. The van der Waals surface area contributed by atoms with Crippen LogP contribution in [-0.4, -0.2) is 11.1 Å². The van der Waals surface area contributed by atoms with Crippen LogP contribution in [-0.2, 0) is 11.8 Å². The fraction of sp³-hybridized carbons (Fsp3) is 0.381. The van der Waals surface area contributed by atoms with Crippen molar-refractivity contribution in [3.63, 3.8) is 0 Å². The van der Waals surface area contributed by atoms with Crippen molar-refractivity contribution < 1.29 is 9.90 Å². The van der Waals surface area contributed by atoms with E-state index in [1.165, 1.54) is 22.3 Å². The molecule has 1 unspecified atom stereocenters. The van der Waals surface area contributed by atoms with Gasteiger partial charge in [0.15, 0.2) is 0 Å². The molecule has 0 fully saturated rings. The molecule has 1 atom stereocenters. The molecule has 0 amide bonds. The van der Waals surface area contributed by atoms with Crippen LogP contribution >= 0.6 is 0 Å². The van der Waals surface area contributed by atoms with Crippen molar-refractivity contribution in [2.45, 2.75) is 52.4 Å². The lowest BCUT2D eigenvalue weighted by molar-refractivity contribution is 0.0697. The third kappa shape index (κ3) is 4.22. The van der Waals surface area contributed by atoms with E-state index in [4.69, 9.17) is 5.11 Å². The molecule has 23 heavy (non-hydrogen) atoms. The number of aryl methyl sites for hydroxylation is 1. The molecule has 0 bridgehead atoms. The van der Waals surface area contributed by atoms with E-state index in [9.17, 15) is 4.79 Å². The van der Waals surface area contributed by atoms with Gasteiger partial charge in [-0.05, 0) is 59.1 Å². The van der Waals surface area contributed by atoms with Crippen LogP contribution in [0.25, 0.3) is 0 Å². The van der Waals surface area contributed by atoms with Crippen LogP contribution in [0, 0.1) is 6.92 Å². The Labute approximate surface area is 139 Å². The monoisotopic (exact) mass is 310 g/mol. The maximum absolute atomic E-state index is 10.9. The molecule has 0 saturated carbocycles. The zero-order valence-corrected chi connectivity index (χ0v) is 14.7. The predicted octanol–water partition coefficient (Wildman–Crippen LogP) is 5.34. The quantitative estimate of drug-likeness (QED) is 0.828. The molecular formula is C21H26O2. The molecule has 0 radical (unpaired) electrons. The second kappa shape index (κ2) is 6.57. The van der Waals surface area contributed by atoms with Crippen molar-refractivity contribution in [1.82, 2.24) is 0 Å². The summed E-state index contributed by atoms with van der Waals surface area (Å²) in [6.07, 6.45) is 0.911. The van der Waals surface area contributed by atoms with Gasteiger partial charge in [-0.2, -0.15) is 0 Å². The van der Waals surface area contributed by atoms with Gasteiger partial charge in [0.05, 0.1) is 5.56 Å².